The molecule has 0 aliphatic rings. The van der Waals surface area contributed by atoms with Gasteiger partial charge in [0.15, 0.2) is 5.96 Å². The van der Waals surface area contributed by atoms with Gasteiger partial charge in [0, 0.05) is 29.3 Å². The highest BCUT2D eigenvalue weighted by atomic mass is 16.4. The summed E-state index contributed by atoms with van der Waals surface area (Å²) in [6, 6.07) is 5.90. The minimum absolute atomic E-state index is 0.0700. The molecule has 2 heterocycles. The van der Waals surface area contributed by atoms with Gasteiger partial charge in [-0.05, 0) is 38.2 Å². The Morgan fingerprint density at radius 1 is 1.14 bits per heavy atom. The number of aryl methyl sites for hydroxylation is 1. The van der Waals surface area contributed by atoms with E-state index < -0.39 is 24.0 Å². The molecule has 0 aliphatic carbocycles. The van der Waals surface area contributed by atoms with E-state index in [-0.39, 0.29) is 36.4 Å². The number of aromatic amines is 2. The topological polar surface area (TPSA) is 204 Å². The lowest BCUT2D eigenvalue weighted by Crippen LogP contribution is -2.41. The zero-order chi connectivity index (χ0) is 27.1. The van der Waals surface area contributed by atoms with Crippen LogP contribution in [-0.4, -0.2) is 56.4 Å². The van der Waals surface area contributed by atoms with Crippen LogP contribution in [0.3, 0.4) is 0 Å². The summed E-state index contributed by atoms with van der Waals surface area (Å²) in [5, 5.41) is 15.9. The summed E-state index contributed by atoms with van der Waals surface area (Å²) in [4.78, 5) is 52.2. The smallest absolute Gasteiger partial charge is 0.326 e. The molecule has 0 fully saturated rings. The number of rotatable bonds is 12. The molecule has 0 unspecified atom stereocenters. The molecule has 2 atom stereocenters. The number of carbonyl (C=O) groups excluding carboxylic acids is 2. The van der Waals surface area contributed by atoms with Gasteiger partial charge >= 0.3 is 5.97 Å². The fraction of sp³-hybridized carbons (Fsp3) is 0.400. The van der Waals surface area contributed by atoms with Crippen molar-refractivity contribution in [1.29, 1.82) is 0 Å². The summed E-state index contributed by atoms with van der Waals surface area (Å²) < 4.78 is 0. The highest BCUT2D eigenvalue weighted by Crippen LogP contribution is 2.23. The summed E-state index contributed by atoms with van der Waals surface area (Å²) in [7, 11) is 0. The minimum Gasteiger partial charge on any atom is -0.480 e. The fourth-order valence-corrected chi connectivity index (χ4v) is 4.06. The van der Waals surface area contributed by atoms with Crippen molar-refractivity contribution in [2.75, 3.05) is 6.54 Å². The zero-order valence-corrected chi connectivity index (χ0v) is 21.2. The van der Waals surface area contributed by atoms with Gasteiger partial charge in [0.1, 0.15) is 17.6 Å². The largest absolute Gasteiger partial charge is 0.480 e. The van der Waals surface area contributed by atoms with Crippen LogP contribution in [-0.2, 0) is 4.79 Å². The van der Waals surface area contributed by atoms with Crippen LogP contribution in [0.5, 0.6) is 0 Å². The van der Waals surface area contributed by atoms with Gasteiger partial charge in [-0.2, -0.15) is 0 Å². The maximum atomic E-state index is 13.2. The molecule has 0 spiro atoms. The number of hydrogen-bond donors (Lipinski definition) is 7. The van der Waals surface area contributed by atoms with E-state index in [9.17, 15) is 19.5 Å². The minimum atomic E-state index is -1.17. The highest BCUT2D eigenvalue weighted by molar-refractivity contribution is 6.06. The van der Waals surface area contributed by atoms with E-state index in [2.05, 4.69) is 30.6 Å². The number of nitrogens with zero attached hydrogens (tertiary/aromatic N) is 2. The highest BCUT2D eigenvalue weighted by Gasteiger charge is 2.27. The molecular formula is C25H34N8O4. The van der Waals surface area contributed by atoms with Crippen molar-refractivity contribution < 1.29 is 19.5 Å². The van der Waals surface area contributed by atoms with E-state index in [1.165, 1.54) is 0 Å². The van der Waals surface area contributed by atoms with Crippen molar-refractivity contribution in [2.24, 2.45) is 22.4 Å². The third-order valence-corrected chi connectivity index (χ3v) is 5.84. The number of aliphatic carboxylic acids is 1. The second-order valence-corrected chi connectivity index (χ2v) is 9.31. The maximum absolute atomic E-state index is 13.2. The number of aliphatic imine (C=N–C) groups is 1. The Morgan fingerprint density at radius 2 is 1.86 bits per heavy atom. The van der Waals surface area contributed by atoms with Gasteiger partial charge in [0.25, 0.3) is 11.8 Å². The summed E-state index contributed by atoms with van der Waals surface area (Å²) in [5.41, 5.74) is 12.5. The first-order valence-corrected chi connectivity index (χ1v) is 12.1. The number of carboxylic acid groups (broad SMARTS) is 1. The second kappa shape index (κ2) is 12.1. The lowest BCUT2D eigenvalue weighted by atomic mass is 10.0. The van der Waals surface area contributed by atoms with Crippen LogP contribution in [0.2, 0.25) is 0 Å². The molecule has 3 aromatic rings. The van der Waals surface area contributed by atoms with Crippen molar-refractivity contribution in [3.8, 4) is 0 Å². The summed E-state index contributed by atoms with van der Waals surface area (Å²) in [5.74, 6) is -1.50. The molecule has 37 heavy (non-hydrogen) atoms. The average molecular weight is 511 g/mol. The first kappa shape index (κ1) is 27.2. The first-order chi connectivity index (χ1) is 17.6. The standard InChI is InChI=1S/C25H34N8O4/c1-13(2)11-19(32-22(34)16-12-29-17-8-5-4-7-15(16)17)21-30-14(3)20(33-21)23(35)31-18(24(36)37)9-6-10-28-25(26)27/h4-5,7-8,12-13,18-19,29H,6,9-11H2,1-3H3,(H,30,33)(H,31,35)(H,32,34)(H,36,37)(H4,26,27,28)/t18-,19-/m0/s1. The number of para-hydroxylation sites is 1. The molecule has 12 heteroatoms. The Morgan fingerprint density at radius 3 is 2.54 bits per heavy atom. The van der Waals surface area contributed by atoms with Gasteiger partial charge in [0.05, 0.1) is 11.6 Å². The number of H-pyrrole nitrogens is 2. The number of nitrogens with two attached hydrogens (primary N) is 2. The number of amides is 2. The van der Waals surface area contributed by atoms with Gasteiger partial charge in [-0.1, -0.05) is 32.0 Å². The van der Waals surface area contributed by atoms with Gasteiger partial charge in [-0.3, -0.25) is 14.6 Å². The number of aromatic nitrogens is 3. The predicted octanol–water partition coefficient (Wildman–Crippen LogP) is 1.95. The molecule has 0 bridgehead atoms. The number of fused-ring (bicyclic) bond motifs is 1. The second-order valence-electron chi connectivity index (χ2n) is 9.31. The van der Waals surface area contributed by atoms with Crippen LogP contribution in [0.1, 0.15) is 71.5 Å². The van der Waals surface area contributed by atoms with Crippen molar-refractivity contribution in [3.63, 3.8) is 0 Å². The van der Waals surface area contributed by atoms with Crippen LogP contribution >= 0.6 is 0 Å². The van der Waals surface area contributed by atoms with Gasteiger partial charge < -0.3 is 37.2 Å². The van der Waals surface area contributed by atoms with Gasteiger partial charge in [-0.15, -0.1) is 0 Å². The summed E-state index contributed by atoms with van der Waals surface area (Å²) >= 11 is 0. The normalized spacial score (nSPS) is 12.8. The number of nitrogens with one attached hydrogen (secondary N) is 4. The van der Waals surface area contributed by atoms with E-state index in [1.807, 2.05) is 38.1 Å². The Bertz CT molecular complexity index is 1290. The SMILES string of the molecule is Cc1[nH]c([C@H](CC(C)C)NC(=O)c2c[nH]c3ccccc23)nc1C(=O)N[C@@H](CCCN=C(N)N)C(=O)O. The summed E-state index contributed by atoms with van der Waals surface area (Å²) in [6.07, 6.45) is 2.75. The van der Waals surface area contributed by atoms with E-state index in [1.54, 1.807) is 13.1 Å². The van der Waals surface area contributed by atoms with E-state index in [4.69, 9.17) is 11.5 Å². The van der Waals surface area contributed by atoms with Crippen molar-refractivity contribution in [3.05, 3.63) is 53.2 Å². The van der Waals surface area contributed by atoms with Crippen LogP contribution in [0, 0.1) is 12.8 Å². The molecule has 9 N–H and O–H groups in total. The van der Waals surface area contributed by atoms with Gasteiger partial charge in [0.2, 0.25) is 0 Å². The average Bonchev–Trinajstić information content (AvgIpc) is 3.43. The van der Waals surface area contributed by atoms with E-state index >= 15 is 0 Å². The lowest BCUT2D eigenvalue weighted by molar-refractivity contribution is -0.139. The van der Waals surface area contributed by atoms with Crippen LogP contribution in [0.15, 0.2) is 35.5 Å². The maximum Gasteiger partial charge on any atom is 0.326 e. The first-order valence-electron chi connectivity index (χ1n) is 12.1. The molecule has 2 amide bonds. The lowest BCUT2D eigenvalue weighted by Gasteiger charge is -2.18. The molecule has 0 aliphatic heterocycles. The predicted molar refractivity (Wildman–Crippen MR) is 140 cm³/mol. The van der Waals surface area contributed by atoms with E-state index in [0.717, 1.165) is 10.9 Å². The van der Waals surface area contributed by atoms with E-state index in [0.29, 0.717) is 29.9 Å². The Hall–Kier alpha value is -4.35. The number of benzene rings is 1. The van der Waals surface area contributed by atoms with Gasteiger partial charge in [-0.25, -0.2) is 9.78 Å². The molecule has 0 saturated heterocycles. The third kappa shape index (κ3) is 7.09. The third-order valence-electron chi connectivity index (χ3n) is 5.84. The molecular weight excluding hydrogens is 476 g/mol. The molecule has 0 saturated carbocycles. The molecule has 12 nitrogen and oxygen atoms in total. The quantitative estimate of drug-likeness (QED) is 0.109. The van der Waals surface area contributed by atoms with Crippen LogP contribution in [0.4, 0.5) is 0 Å². The zero-order valence-electron chi connectivity index (χ0n) is 21.2. The Balaban J connectivity index is 1.76. The van der Waals surface area contributed by atoms with Crippen LogP contribution < -0.4 is 22.1 Å². The number of carbonyl (C=O) groups is 3. The molecule has 1 aromatic carbocycles. The number of imidazole rings is 1. The number of guanidine groups is 1. The van der Waals surface area contributed by atoms with Crippen molar-refractivity contribution in [1.82, 2.24) is 25.6 Å². The molecule has 0 radical (unpaired) electrons. The monoisotopic (exact) mass is 510 g/mol. The van der Waals surface area contributed by atoms with Crippen LogP contribution in [0.25, 0.3) is 10.9 Å². The molecule has 198 valence electrons. The molecule has 2 aromatic heterocycles. The number of hydrogen-bond acceptors (Lipinski definition) is 5. The summed E-state index contributed by atoms with van der Waals surface area (Å²) in [6.45, 7) is 5.97. The van der Waals surface area contributed by atoms with Crippen molar-refractivity contribution in [2.45, 2.75) is 52.1 Å². The Labute approximate surface area is 214 Å². The fourth-order valence-electron chi connectivity index (χ4n) is 4.06. The van der Waals surface area contributed by atoms with Crippen molar-refractivity contribution >= 4 is 34.6 Å². The molecule has 3 rings (SSSR count). The Kier molecular flexibility index (Phi) is 8.88. The number of carboxylic acids is 1.